The van der Waals surface area contributed by atoms with Gasteiger partial charge in [0, 0.05) is 18.8 Å². The van der Waals surface area contributed by atoms with Crippen LogP contribution in [0.15, 0.2) is 18.2 Å². The molecule has 0 amide bonds. The first-order valence-electron chi connectivity index (χ1n) is 6.45. The molecule has 1 aromatic rings. The van der Waals surface area contributed by atoms with Gasteiger partial charge >= 0.3 is 0 Å². The molecule has 98 valence electrons. The fraction of sp³-hybridized carbons (Fsp3) is 0.571. The molecule has 1 saturated heterocycles. The Hall–Kier alpha value is -1.19. The van der Waals surface area contributed by atoms with Gasteiger partial charge in [-0.1, -0.05) is 19.4 Å². The molecule has 1 heterocycles. The third kappa shape index (κ3) is 1.70. The van der Waals surface area contributed by atoms with Crippen LogP contribution in [0.2, 0.25) is 0 Å². The van der Waals surface area contributed by atoms with Gasteiger partial charge in [-0.15, -0.1) is 0 Å². The van der Waals surface area contributed by atoms with Crippen molar-refractivity contribution < 1.29 is 13.2 Å². The third-order valence-corrected chi connectivity index (χ3v) is 4.12. The smallest absolute Gasteiger partial charge is 0.258 e. The van der Waals surface area contributed by atoms with Crippen molar-refractivity contribution in [2.24, 2.45) is 11.8 Å². The van der Waals surface area contributed by atoms with Crippen molar-refractivity contribution in [2.45, 2.75) is 25.7 Å². The lowest BCUT2D eigenvalue weighted by Crippen LogP contribution is -2.27. The molecule has 1 saturated carbocycles. The zero-order valence-electron chi connectivity index (χ0n) is 10.3. The van der Waals surface area contributed by atoms with Gasteiger partial charge in [0.15, 0.2) is 0 Å². The van der Waals surface area contributed by atoms with Crippen LogP contribution in [-0.2, 0) is 6.42 Å². The van der Waals surface area contributed by atoms with E-state index in [1.165, 1.54) is 6.07 Å². The second-order valence-electron chi connectivity index (χ2n) is 5.32. The fourth-order valence-electron chi connectivity index (χ4n) is 2.92. The van der Waals surface area contributed by atoms with E-state index in [2.05, 4.69) is 0 Å². The van der Waals surface area contributed by atoms with Gasteiger partial charge < -0.3 is 4.90 Å². The zero-order chi connectivity index (χ0) is 12.9. The molecule has 1 aliphatic carbocycles. The van der Waals surface area contributed by atoms with Crippen LogP contribution in [0, 0.1) is 17.7 Å². The molecule has 3 rings (SSSR count). The molecule has 2 unspecified atom stereocenters. The van der Waals surface area contributed by atoms with Crippen molar-refractivity contribution >= 4 is 5.69 Å². The van der Waals surface area contributed by atoms with E-state index < -0.39 is 17.8 Å². The van der Waals surface area contributed by atoms with Crippen LogP contribution in [0.4, 0.5) is 18.9 Å². The van der Waals surface area contributed by atoms with Gasteiger partial charge in [-0.3, -0.25) is 0 Å². The van der Waals surface area contributed by atoms with Crippen LogP contribution in [0.5, 0.6) is 0 Å². The highest BCUT2D eigenvalue weighted by atomic mass is 19.3. The lowest BCUT2D eigenvalue weighted by atomic mass is 10.1. The highest BCUT2D eigenvalue weighted by Crippen LogP contribution is 2.59. The van der Waals surface area contributed by atoms with Gasteiger partial charge in [-0.25, -0.2) is 13.2 Å². The summed E-state index contributed by atoms with van der Waals surface area (Å²) in [6.07, 6.45) is 1.62. The molecule has 1 aliphatic heterocycles. The van der Waals surface area contributed by atoms with Gasteiger partial charge in [0.25, 0.3) is 5.92 Å². The topological polar surface area (TPSA) is 3.24 Å². The maximum atomic E-state index is 13.8. The Morgan fingerprint density at radius 1 is 1.28 bits per heavy atom. The standard InChI is InChI=1S/C14H16F3N/c1-2-3-9-4-5-10(6-13(9)15)18-7-11-12(8-18)14(11,16)17/h4-6,11-12H,2-3,7-8H2,1H3. The van der Waals surface area contributed by atoms with Crippen LogP contribution in [0.3, 0.4) is 0 Å². The van der Waals surface area contributed by atoms with Crippen LogP contribution < -0.4 is 4.90 Å². The molecule has 18 heavy (non-hydrogen) atoms. The number of benzene rings is 1. The minimum atomic E-state index is -2.48. The maximum Gasteiger partial charge on any atom is 0.258 e. The predicted molar refractivity (Wildman–Crippen MR) is 64.5 cm³/mol. The number of fused-ring (bicyclic) bond motifs is 1. The number of alkyl halides is 2. The van der Waals surface area contributed by atoms with E-state index in [0.717, 1.165) is 18.5 Å². The number of rotatable bonds is 3. The van der Waals surface area contributed by atoms with Gasteiger partial charge in [-0.05, 0) is 24.1 Å². The molecule has 0 radical (unpaired) electrons. The van der Waals surface area contributed by atoms with E-state index in [-0.39, 0.29) is 5.82 Å². The second-order valence-corrected chi connectivity index (χ2v) is 5.32. The molecular formula is C14H16F3N. The summed E-state index contributed by atoms with van der Waals surface area (Å²) in [6, 6.07) is 5.10. The molecule has 0 aromatic heterocycles. The summed E-state index contributed by atoms with van der Waals surface area (Å²) >= 11 is 0. The molecule has 0 spiro atoms. The summed E-state index contributed by atoms with van der Waals surface area (Å²) in [7, 11) is 0. The number of aryl methyl sites for hydroxylation is 1. The predicted octanol–water partition coefficient (Wildman–Crippen LogP) is 3.48. The first-order chi connectivity index (χ1) is 8.54. The monoisotopic (exact) mass is 255 g/mol. The molecule has 1 aromatic carbocycles. The highest BCUT2D eigenvalue weighted by molar-refractivity contribution is 5.51. The third-order valence-electron chi connectivity index (χ3n) is 4.12. The van der Waals surface area contributed by atoms with Crippen molar-refractivity contribution in [2.75, 3.05) is 18.0 Å². The minimum Gasteiger partial charge on any atom is -0.370 e. The van der Waals surface area contributed by atoms with E-state index in [4.69, 9.17) is 0 Å². The Balaban J connectivity index is 1.73. The van der Waals surface area contributed by atoms with Crippen LogP contribution in [0.1, 0.15) is 18.9 Å². The SMILES string of the molecule is CCCc1ccc(N2CC3C(C2)C3(F)F)cc1F. The summed E-state index contributed by atoms with van der Waals surface area (Å²) in [5, 5.41) is 0. The first kappa shape index (κ1) is 11.9. The van der Waals surface area contributed by atoms with Gasteiger partial charge in [0.1, 0.15) is 5.82 Å². The molecule has 0 bridgehead atoms. The molecule has 2 atom stereocenters. The average molecular weight is 255 g/mol. The van der Waals surface area contributed by atoms with Crippen molar-refractivity contribution in [1.82, 2.24) is 0 Å². The molecule has 4 heteroatoms. The number of anilines is 1. The van der Waals surface area contributed by atoms with E-state index in [0.29, 0.717) is 18.7 Å². The summed E-state index contributed by atoms with van der Waals surface area (Å²) in [5.74, 6) is -3.73. The van der Waals surface area contributed by atoms with Crippen molar-refractivity contribution in [3.05, 3.63) is 29.6 Å². The summed E-state index contributed by atoms with van der Waals surface area (Å²) in [6.45, 7) is 2.71. The number of piperidine rings is 1. The fourth-order valence-corrected chi connectivity index (χ4v) is 2.92. The maximum absolute atomic E-state index is 13.8. The van der Waals surface area contributed by atoms with Crippen LogP contribution >= 0.6 is 0 Å². The second kappa shape index (κ2) is 3.90. The first-order valence-corrected chi connectivity index (χ1v) is 6.45. The quantitative estimate of drug-likeness (QED) is 0.799. The van der Waals surface area contributed by atoms with E-state index in [1.807, 2.05) is 17.9 Å². The molecule has 2 aliphatic rings. The summed E-state index contributed by atoms with van der Waals surface area (Å²) < 4.78 is 39.9. The molecule has 1 nitrogen and oxygen atoms in total. The van der Waals surface area contributed by atoms with Gasteiger partial charge in [0.05, 0.1) is 11.8 Å². The Labute approximate surface area is 105 Å². The van der Waals surface area contributed by atoms with E-state index >= 15 is 0 Å². The lowest BCUT2D eigenvalue weighted by molar-refractivity contribution is 0.0797. The molecule has 0 N–H and O–H groups in total. The highest BCUT2D eigenvalue weighted by Gasteiger charge is 2.71. The van der Waals surface area contributed by atoms with Crippen molar-refractivity contribution in [3.63, 3.8) is 0 Å². The zero-order valence-corrected chi connectivity index (χ0v) is 10.3. The summed E-state index contributed by atoms with van der Waals surface area (Å²) in [4.78, 5) is 1.87. The number of nitrogens with zero attached hydrogens (tertiary/aromatic N) is 1. The number of hydrogen-bond acceptors (Lipinski definition) is 1. The summed E-state index contributed by atoms with van der Waals surface area (Å²) in [5.41, 5.74) is 1.44. The van der Waals surface area contributed by atoms with Crippen LogP contribution in [0.25, 0.3) is 0 Å². The normalized spacial score (nSPS) is 28.3. The van der Waals surface area contributed by atoms with Crippen molar-refractivity contribution in [1.29, 1.82) is 0 Å². The van der Waals surface area contributed by atoms with Gasteiger partial charge in [-0.2, -0.15) is 0 Å². The minimum absolute atomic E-state index is 0.221. The van der Waals surface area contributed by atoms with Crippen molar-refractivity contribution in [3.8, 4) is 0 Å². The largest absolute Gasteiger partial charge is 0.370 e. The van der Waals surface area contributed by atoms with Crippen LogP contribution in [-0.4, -0.2) is 19.0 Å². The Bertz CT molecular complexity index is 458. The molecule has 2 fully saturated rings. The number of halogens is 3. The Kier molecular flexibility index (Phi) is 2.57. The van der Waals surface area contributed by atoms with E-state index in [9.17, 15) is 13.2 Å². The van der Waals surface area contributed by atoms with E-state index in [1.54, 1.807) is 6.07 Å². The number of hydrogen-bond donors (Lipinski definition) is 0. The lowest BCUT2D eigenvalue weighted by Gasteiger charge is -2.22. The average Bonchev–Trinajstić information content (AvgIpc) is 2.73. The molecular weight excluding hydrogens is 239 g/mol. The Morgan fingerprint density at radius 3 is 2.50 bits per heavy atom. The van der Waals surface area contributed by atoms with Gasteiger partial charge in [0.2, 0.25) is 0 Å². The Morgan fingerprint density at radius 2 is 1.94 bits per heavy atom.